The summed E-state index contributed by atoms with van der Waals surface area (Å²) in [4.78, 5) is 10.9. The predicted molar refractivity (Wildman–Crippen MR) is 39.9 cm³/mol. The van der Waals surface area contributed by atoms with E-state index in [4.69, 9.17) is 0 Å². The Bertz CT molecular complexity index is 196. The van der Waals surface area contributed by atoms with E-state index in [0.29, 0.717) is 12.0 Å². The number of rotatable bonds is 1. The zero-order valence-electron chi connectivity index (χ0n) is 6.70. The summed E-state index contributed by atoms with van der Waals surface area (Å²) < 4.78 is 4.51. The minimum Gasteiger partial charge on any atom is -0.466 e. The van der Waals surface area contributed by atoms with Crippen LogP contribution >= 0.6 is 0 Å². The Kier molecular flexibility index (Phi) is 2.29. The van der Waals surface area contributed by atoms with Crippen LogP contribution in [0.4, 0.5) is 0 Å². The first-order valence-corrected chi connectivity index (χ1v) is 3.62. The van der Waals surface area contributed by atoms with Crippen LogP contribution in [0.5, 0.6) is 0 Å². The molecule has 1 aliphatic rings. The summed E-state index contributed by atoms with van der Waals surface area (Å²) in [6.45, 7) is 1.90. The lowest BCUT2D eigenvalue weighted by molar-refractivity contribution is -0.136. The number of aliphatic hydroxyl groups excluding tert-OH is 1. The zero-order valence-corrected chi connectivity index (χ0v) is 6.70. The van der Waals surface area contributed by atoms with Gasteiger partial charge in [0.15, 0.2) is 0 Å². The average molecular weight is 156 g/mol. The molecule has 0 aromatic rings. The predicted octanol–water partition coefficient (Wildman–Crippen LogP) is 0.486. The molecule has 2 atom stereocenters. The number of esters is 1. The van der Waals surface area contributed by atoms with Gasteiger partial charge in [-0.3, -0.25) is 0 Å². The van der Waals surface area contributed by atoms with Crippen LogP contribution in [0, 0.1) is 5.92 Å². The maximum absolute atomic E-state index is 10.9. The van der Waals surface area contributed by atoms with Gasteiger partial charge in [-0.05, 0) is 18.4 Å². The Hall–Kier alpha value is -0.830. The Morgan fingerprint density at radius 2 is 2.45 bits per heavy atom. The summed E-state index contributed by atoms with van der Waals surface area (Å²) in [5, 5.41) is 9.23. The number of carbonyl (C=O) groups excluding carboxylic acids is 1. The Labute approximate surface area is 65.7 Å². The molecular weight excluding hydrogens is 144 g/mol. The van der Waals surface area contributed by atoms with E-state index in [-0.39, 0.29) is 11.9 Å². The molecule has 0 bridgehead atoms. The van der Waals surface area contributed by atoms with Crippen molar-refractivity contribution in [2.75, 3.05) is 7.11 Å². The molecule has 62 valence electrons. The standard InChI is InChI=1S/C8H12O3/c1-5-3-6(4-7(5)9)8(10)11-2/h4-5,7,9H,3H2,1-2H3/t5-,7+/m1/s1. The van der Waals surface area contributed by atoms with Gasteiger partial charge in [0.05, 0.1) is 13.2 Å². The van der Waals surface area contributed by atoms with Gasteiger partial charge in [0.2, 0.25) is 0 Å². The number of hydrogen-bond donors (Lipinski definition) is 1. The Morgan fingerprint density at radius 3 is 2.82 bits per heavy atom. The molecule has 0 unspecified atom stereocenters. The van der Waals surface area contributed by atoms with Crippen molar-refractivity contribution in [3.8, 4) is 0 Å². The van der Waals surface area contributed by atoms with E-state index in [2.05, 4.69) is 4.74 Å². The van der Waals surface area contributed by atoms with Crippen LogP contribution in [0.3, 0.4) is 0 Å². The minimum atomic E-state index is -0.482. The number of methoxy groups -OCH3 is 1. The quantitative estimate of drug-likeness (QED) is 0.562. The molecule has 0 saturated carbocycles. The molecule has 11 heavy (non-hydrogen) atoms. The van der Waals surface area contributed by atoms with Gasteiger partial charge >= 0.3 is 5.97 Å². The third-order valence-electron chi connectivity index (χ3n) is 1.94. The summed E-state index contributed by atoms with van der Waals surface area (Å²) in [5.74, 6) is -0.183. The van der Waals surface area contributed by atoms with Crippen LogP contribution in [-0.4, -0.2) is 24.3 Å². The van der Waals surface area contributed by atoms with Crippen LogP contribution in [0.1, 0.15) is 13.3 Å². The monoisotopic (exact) mass is 156 g/mol. The third-order valence-corrected chi connectivity index (χ3v) is 1.94. The molecule has 0 fully saturated rings. The highest BCUT2D eigenvalue weighted by Crippen LogP contribution is 2.25. The molecule has 0 aromatic heterocycles. The number of aliphatic hydroxyl groups is 1. The molecule has 1 rings (SSSR count). The second-order valence-electron chi connectivity index (χ2n) is 2.86. The SMILES string of the molecule is COC(=O)C1=C[C@H](O)[C@H](C)C1. The van der Waals surface area contributed by atoms with Crippen LogP contribution in [0.25, 0.3) is 0 Å². The minimum absolute atomic E-state index is 0.143. The van der Waals surface area contributed by atoms with Crippen LogP contribution in [0.15, 0.2) is 11.6 Å². The molecule has 0 heterocycles. The lowest BCUT2D eigenvalue weighted by Gasteiger charge is -2.04. The average Bonchev–Trinajstić information content (AvgIpc) is 2.31. The van der Waals surface area contributed by atoms with E-state index in [1.165, 1.54) is 7.11 Å². The fourth-order valence-corrected chi connectivity index (χ4v) is 1.19. The fourth-order valence-electron chi connectivity index (χ4n) is 1.19. The molecule has 0 spiro atoms. The molecule has 0 aromatic carbocycles. The first kappa shape index (κ1) is 8.27. The summed E-state index contributed by atoms with van der Waals surface area (Å²) >= 11 is 0. The summed E-state index contributed by atoms with van der Waals surface area (Å²) in [5.41, 5.74) is 0.590. The number of ether oxygens (including phenoxy) is 1. The van der Waals surface area contributed by atoms with E-state index in [9.17, 15) is 9.90 Å². The molecule has 3 nitrogen and oxygen atoms in total. The van der Waals surface area contributed by atoms with Crippen LogP contribution in [0.2, 0.25) is 0 Å². The van der Waals surface area contributed by atoms with Crippen molar-refractivity contribution in [1.29, 1.82) is 0 Å². The highest BCUT2D eigenvalue weighted by molar-refractivity contribution is 5.89. The van der Waals surface area contributed by atoms with Crippen LogP contribution in [-0.2, 0) is 9.53 Å². The first-order chi connectivity index (χ1) is 5.15. The van der Waals surface area contributed by atoms with Gasteiger partial charge in [0.25, 0.3) is 0 Å². The van der Waals surface area contributed by atoms with Gasteiger partial charge in [-0.2, -0.15) is 0 Å². The van der Waals surface area contributed by atoms with Crippen LogP contribution < -0.4 is 0 Å². The normalized spacial score (nSPS) is 29.9. The van der Waals surface area contributed by atoms with Crippen molar-refractivity contribution in [1.82, 2.24) is 0 Å². The maximum atomic E-state index is 10.9. The van der Waals surface area contributed by atoms with Crippen molar-refractivity contribution in [3.05, 3.63) is 11.6 Å². The highest BCUT2D eigenvalue weighted by atomic mass is 16.5. The largest absolute Gasteiger partial charge is 0.466 e. The van der Waals surface area contributed by atoms with E-state index in [0.717, 1.165) is 0 Å². The summed E-state index contributed by atoms with van der Waals surface area (Å²) in [7, 11) is 1.35. The molecule has 0 saturated heterocycles. The van der Waals surface area contributed by atoms with E-state index >= 15 is 0 Å². The highest BCUT2D eigenvalue weighted by Gasteiger charge is 2.25. The fraction of sp³-hybridized carbons (Fsp3) is 0.625. The van der Waals surface area contributed by atoms with E-state index < -0.39 is 6.10 Å². The molecule has 0 radical (unpaired) electrons. The molecular formula is C8H12O3. The maximum Gasteiger partial charge on any atom is 0.333 e. The topological polar surface area (TPSA) is 46.5 Å². The molecule has 0 aliphatic heterocycles. The molecule has 3 heteroatoms. The van der Waals surface area contributed by atoms with Gasteiger partial charge in [0, 0.05) is 5.57 Å². The Morgan fingerprint density at radius 1 is 1.82 bits per heavy atom. The lowest BCUT2D eigenvalue weighted by Crippen LogP contribution is -2.08. The Balaban J connectivity index is 2.63. The van der Waals surface area contributed by atoms with Crippen molar-refractivity contribution in [2.45, 2.75) is 19.4 Å². The van der Waals surface area contributed by atoms with Crippen molar-refractivity contribution in [2.24, 2.45) is 5.92 Å². The molecule has 0 amide bonds. The van der Waals surface area contributed by atoms with Crippen molar-refractivity contribution < 1.29 is 14.6 Å². The second kappa shape index (κ2) is 3.05. The van der Waals surface area contributed by atoms with E-state index in [1.807, 2.05) is 6.92 Å². The van der Waals surface area contributed by atoms with Crippen molar-refractivity contribution in [3.63, 3.8) is 0 Å². The van der Waals surface area contributed by atoms with Gasteiger partial charge in [-0.1, -0.05) is 6.92 Å². The van der Waals surface area contributed by atoms with Crippen molar-refractivity contribution >= 4 is 5.97 Å². The first-order valence-electron chi connectivity index (χ1n) is 3.62. The van der Waals surface area contributed by atoms with Gasteiger partial charge in [-0.15, -0.1) is 0 Å². The lowest BCUT2D eigenvalue weighted by atomic mass is 10.1. The van der Waals surface area contributed by atoms with Gasteiger partial charge in [-0.25, -0.2) is 4.79 Å². The number of hydrogen-bond acceptors (Lipinski definition) is 3. The summed E-state index contributed by atoms with van der Waals surface area (Å²) in [6.07, 6.45) is 1.70. The third kappa shape index (κ3) is 1.60. The zero-order chi connectivity index (χ0) is 8.43. The smallest absolute Gasteiger partial charge is 0.333 e. The second-order valence-corrected chi connectivity index (χ2v) is 2.86. The number of carbonyl (C=O) groups is 1. The van der Waals surface area contributed by atoms with E-state index in [1.54, 1.807) is 6.08 Å². The summed E-state index contributed by atoms with van der Waals surface area (Å²) in [6, 6.07) is 0. The van der Waals surface area contributed by atoms with Gasteiger partial charge in [0.1, 0.15) is 0 Å². The van der Waals surface area contributed by atoms with Gasteiger partial charge < -0.3 is 9.84 Å². The molecule has 1 aliphatic carbocycles. The molecule has 1 N–H and O–H groups in total.